The summed E-state index contributed by atoms with van der Waals surface area (Å²) in [6, 6.07) is 1.80. The largest absolute Gasteiger partial charge is 0.477 e. The van der Waals surface area contributed by atoms with E-state index in [0.29, 0.717) is 11.3 Å². The molecule has 1 saturated heterocycles. The van der Waals surface area contributed by atoms with Gasteiger partial charge in [0.2, 0.25) is 0 Å². The van der Waals surface area contributed by atoms with E-state index >= 15 is 0 Å². The molecule has 0 aliphatic carbocycles. The number of fused-ring (bicyclic) bond motifs is 1. The van der Waals surface area contributed by atoms with Crippen LogP contribution < -0.4 is 0 Å². The fourth-order valence-electron chi connectivity index (χ4n) is 1.94. The van der Waals surface area contributed by atoms with Crippen molar-refractivity contribution in [3.05, 3.63) is 34.6 Å². The Hall–Kier alpha value is -2.02. The molecule has 3 rings (SSSR count). The van der Waals surface area contributed by atoms with Gasteiger partial charge in [0.15, 0.2) is 0 Å². The number of aryl methyl sites for hydroxylation is 1. The lowest BCUT2D eigenvalue weighted by atomic mass is 10.0. The molecule has 7 heteroatoms. The second-order valence-corrected chi connectivity index (χ2v) is 4.94. The van der Waals surface area contributed by atoms with Crippen molar-refractivity contribution >= 4 is 29.7 Å². The van der Waals surface area contributed by atoms with Crippen molar-refractivity contribution in [2.45, 2.75) is 5.37 Å². The molecule has 18 heavy (non-hydrogen) atoms. The molecular formula is C11H9N3O3S. The van der Waals surface area contributed by atoms with E-state index in [-0.39, 0.29) is 17.0 Å². The lowest BCUT2D eigenvalue weighted by Crippen LogP contribution is -2.51. The third-order valence-electron chi connectivity index (χ3n) is 2.79. The van der Waals surface area contributed by atoms with E-state index in [1.807, 2.05) is 0 Å². The summed E-state index contributed by atoms with van der Waals surface area (Å²) >= 11 is 1.33. The number of nitrogens with zero attached hydrogens (tertiary/aromatic N) is 3. The summed E-state index contributed by atoms with van der Waals surface area (Å²) in [6.45, 7) is 0. The Bertz CT molecular complexity index is 617. The van der Waals surface area contributed by atoms with Crippen molar-refractivity contribution in [3.63, 3.8) is 0 Å². The first-order valence-electron chi connectivity index (χ1n) is 5.21. The second-order valence-electron chi connectivity index (χ2n) is 3.99. The first-order chi connectivity index (χ1) is 8.58. The van der Waals surface area contributed by atoms with E-state index in [4.69, 9.17) is 5.11 Å². The van der Waals surface area contributed by atoms with Gasteiger partial charge in [-0.15, -0.1) is 11.8 Å². The predicted molar refractivity (Wildman–Crippen MR) is 65.1 cm³/mol. The molecule has 0 unspecified atom stereocenters. The van der Waals surface area contributed by atoms with Crippen LogP contribution in [0.25, 0.3) is 6.08 Å². The highest BCUT2D eigenvalue weighted by molar-refractivity contribution is 8.03. The molecule has 1 aromatic rings. The number of carbonyl (C=O) groups excluding carboxylic acids is 1. The maximum Gasteiger partial charge on any atom is 0.353 e. The molecule has 1 atom stereocenters. The number of rotatable bonds is 2. The van der Waals surface area contributed by atoms with Crippen LogP contribution in [-0.2, 0) is 16.6 Å². The number of carboxylic acid groups (broad SMARTS) is 1. The average molecular weight is 263 g/mol. The van der Waals surface area contributed by atoms with Gasteiger partial charge in [-0.1, -0.05) is 0 Å². The summed E-state index contributed by atoms with van der Waals surface area (Å²) in [5.74, 6) is -1.33. The van der Waals surface area contributed by atoms with Crippen LogP contribution in [0.3, 0.4) is 0 Å². The summed E-state index contributed by atoms with van der Waals surface area (Å²) in [7, 11) is 1.80. The zero-order valence-corrected chi connectivity index (χ0v) is 10.2. The molecule has 6 nitrogen and oxygen atoms in total. The van der Waals surface area contributed by atoms with Crippen molar-refractivity contribution in [2.24, 2.45) is 7.05 Å². The van der Waals surface area contributed by atoms with Gasteiger partial charge >= 0.3 is 5.97 Å². The van der Waals surface area contributed by atoms with E-state index in [1.165, 1.54) is 22.1 Å². The summed E-state index contributed by atoms with van der Waals surface area (Å²) in [4.78, 5) is 24.1. The van der Waals surface area contributed by atoms with Crippen molar-refractivity contribution in [1.82, 2.24) is 14.7 Å². The third-order valence-corrected chi connectivity index (χ3v) is 3.87. The van der Waals surface area contributed by atoms with Crippen LogP contribution >= 0.6 is 11.8 Å². The highest BCUT2D eigenvalue weighted by atomic mass is 32.2. The Morgan fingerprint density at radius 1 is 1.61 bits per heavy atom. The molecule has 92 valence electrons. The topological polar surface area (TPSA) is 75.4 Å². The first kappa shape index (κ1) is 11.1. The van der Waals surface area contributed by atoms with E-state index < -0.39 is 5.97 Å². The monoisotopic (exact) mass is 263 g/mol. The predicted octanol–water partition coefficient (Wildman–Crippen LogP) is 0.645. The van der Waals surface area contributed by atoms with Gasteiger partial charge in [-0.2, -0.15) is 5.10 Å². The number of β-lactam (4-membered cyclic amide) rings is 1. The van der Waals surface area contributed by atoms with Crippen LogP contribution in [0.4, 0.5) is 0 Å². The maximum atomic E-state index is 11.9. The molecule has 0 spiro atoms. The van der Waals surface area contributed by atoms with E-state index in [2.05, 4.69) is 5.10 Å². The SMILES string of the molecule is Cn1ccc(/C=C2/C(=O)N3C(C(=O)O)=CS[C@H]23)n1. The first-order valence-corrected chi connectivity index (χ1v) is 6.16. The number of hydrogen-bond donors (Lipinski definition) is 1. The molecular weight excluding hydrogens is 254 g/mol. The van der Waals surface area contributed by atoms with Gasteiger partial charge in [0.25, 0.3) is 5.91 Å². The Morgan fingerprint density at radius 2 is 2.39 bits per heavy atom. The molecule has 3 heterocycles. The Labute approximate surface area is 107 Å². The van der Waals surface area contributed by atoms with Crippen molar-refractivity contribution in [3.8, 4) is 0 Å². The normalized spacial score (nSPS) is 23.9. The molecule has 0 radical (unpaired) electrons. The van der Waals surface area contributed by atoms with Gasteiger partial charge in [-0.3, -0.25) is 14.4 Å². The summed E-state index contributed by atoms with van der Waals surface area (Å²) in [5.41, 5.74) is 1.34. The van der Waals surface area contributed by atoms with Crippen LogP contribution in [0.5, 0.6) is 0 Å². The van der Waals surface area contributed by atoms with Crippen LogP contribution in [-0.4, -0.2) is 37.0 Å². The minimum absolute atomic E-state index is 0.0492. The fraction of sp³-hybridized carbons (Fsp3) is 0.182. The van der Waals surface area contributed by atoms with Gasteiger partial charge in [-0.05, 0) is 12.1 Å². The molecule has 0 aromatic carbocycles. The Kier molecular flexibility index (Phi) is 2.30. The summed E-state index contributed by atoms with van der Waals surface area (Å²) in [5, 5.41) is 14.4. The number of amides is 1. The number of carbonyl (C=O) groups is 2. The van der Waals surface area contributed by atoms with Crippen LogP contribution in [0.2, 0.25) is 0 Å². The second kappa shape index (κ2) is 3.74. The van der Waals surface area contributed by atoms with E-state index in [9.17, 15) is 9.59 Å². The van der Waals surface area contributed by atoms with Crippen LogP contribution in [0.1, 0.15) is 5.69 Å². The molecule has 0 saturated carbocycles. The zero-order valence-electron chi connectivity index (χ0n) is 9.40. The van der Waals surface area contributed by atoms with Crippen molar-refractivity contribution in [1.29, 1.82) is 0 Å². The summed E-state index contributed by atoms with van der Waals surface area (Å²) in [6.07, 6.45) is 3.49. The van der Waals surface area contributed by atoms with Gasteiger partial charge in [0.1, 0.15) is 11.1 Å². The number of carboxylic acids is 1. The average Bonchev–Trinajstić information content (AvgIpc) is 2.89. The number of hydrogen-bond acceptors (Lipinski definition) is 4. The molecule has 1 N–H and O–H groups in total. The van der Waals surface area contributed by atoms with Crippen LogP contribution in [0.15, 0.2) is 28.9 Å². The minimum Gasteiger partial charge on any atom is -0.477 e. The Morgan fingerprint density at radius 3 is 3.00 bits per heavy atom. The van der Waals surface area contributed by atoms with E-state index in [0.717, 1.165) is 0 Å². The molecule has 1 fully saturated rings. The third kappa shape index (κ3) is 1.47. The lowest BCUT2D eigenvalue weighted by Gasteiger charge is -2.36. The fourth-order valence-corrected chi connectivity index (χ4v) is 3.05. The van der Waals surface area contributed by atoms with Gasteiger partial charge in [0, 0.05) is 18.7 Å². The molecule has 2 aliphatic rings. The number of aliphatic carboxylic acids is 1. The van der Waals surface area contributed by atoms with Gasteiger partial charge in [0.05, 0.1) is 11.3 Å². The highest BCUT2D eigenvalue weighted by Crippen LogP contribution is 2.44. The lowest BCUT2D eigenvalue weighted by molar-refractivity contribution is -0.141. The Balaban J connectivity index is 1.86. The van der Waals surface area contributed by atoms with Gasteiger partial charge < -0.3 is 5.11 Å². The zero-order chi connectivity index (χ0) is 12.9. The molecule has 0 bridgehead atoms. The minimum atomic E-state index is -1.07. The molecule has 1 aromatic heterocycles. The molecule has 2 aliphatic heterocycles. The van der Waals surface area contributed by atoms with E-state index in [1.54, 1.807) is 30.1 Å². The van der Waals surface area contributed by atoms with Gasteiger partial charge in [-0.25, -0.2) is 4.79 Å². The van der Waals surface area contributed by atoms with Crippen molar-refractivity contribution < 1.29 is 14.7 Å². The maximum absolute atomic E-state index is 11.9. The number of thioether (sulfide) groups is 1. The highest BCUT2D eigenvalue weighted by Gasteiger charge is 2.49. The molecule has 1 amide bonds. The van der Waals surface area contributed by atoms with Crippen LogP contribution in [0, 0.1) is 0 Å². The standard InChI is InChI=1S/C11H9N3O3S/c1-13-3-2-6(12-13)4-7-9(15)14-8(11(16)17)5-18-10(7)14/h2-5,10H,1H3,(H,16,17)/b7-4-/t10-/m1/s1. The number of aromatic nitrogens is 2. The smallest absolute Gasteiger partial charge is 0.353 e. The van der Waals surface area contributed by atoms with Crippen molar-refractivity contribution in [2.75, 3.05) is 0 Å². The quantitative estimate of drug-likeness (QED) is 0.626. The summed E-state index contributed by atoms with van der Waals surface area (Å²) < 4.78 is 1.65.